The van der Waals surface area contributed by atoms with Crippen LogP contribution in [0.2, 0.25) is 0 Å². The highest BCUT2D eigenvalue weighted by atomic mass is 79.9. The minimum atomic E-state index is -0.405. The summed E-state index contributed by atoms with van der Waals surface area (Å²) in [6, 6.07) is 0. The first kappa shape index (κ1) is 18.5. The van der Waals surface area contributed by atoms with Crippen molar-refractivity contribution in [3.05, 3.63) is 12.2 Å². The molecule has 0 radical (unpaired) electrons. The summed E-state index contributed by atoms with van der Waals surface area (Å²) < 4.78 is 0. The molecule has 4 fully saturated rings. The summed E-state index contributed by atoms with van der Waals surface area (Å²) in [5, 5.41) is 11.6. The molecule has 9 atom stereocenters. The molecule has 0 aromatic carbocycles. The highest BCUT2D eigenvalue weighted by molar-refractivity contribution is 9.09. The van der Waals surface area contributed by atoms with Crippen LogP contribution < -0.4 is 0 Å². The number of hydrogen-bond donors (Lipinski definition) is 1. The van der Waals surface area contributed by atoms with E-state index in [1.54, 1.807) is 0 Å². The molecule has 0 aromatic heterocycles. The van der Waals surface area contributed by atoms with Crippen molar-refractivity contribution in [1.82, 2.24) is 0 Å². The van der Waals surface area contributed by atoms with Crippen molar-refractivity contribution in [2.45, 2.75) is 77.7 Å². The summed E-state index contributed by atoms with van der Waals surface area (Å²) >= 11 is 3.68. The Kier molecular flexibility index (Phi) is 4.72. The zero-order chi connectivity index (χ0) is 18.0. The van der Waals surface area contributed by atoms with Crippen LogP contribution in [0.1, 0.15) is 72.1 Å². The van der Waals surface area contributed by atoms with E-state index in [4.69, 9.17) is 0 Å². The minimum Gasteiger partial charge on any atom is -0.390 e. The van der Waals surface area contributed by atoms with Gasteiger partial charge in [0.2, 0.25) is 0 Å². The smallest absolute Gasteiger partial charge is 0.0622 e. The van der Waals surface area contributed by atoms with E-state index in [2.05, 4.69) is 43.3 Å². The molecule has 4 aliphatic rings. The van der Waals surface area contributed by atoms with Crippen molar-refractivity contribution >= 4 is 15.9 Å². The van der Waals surface area contributed by atoms with Crippen LogP contribution >= 0.6 is 15.9 Å². The van der Waals surface area contributed by atoms with Gasteiger partial charge in [-0.15, -0.1) is 0 Å². The molecule has 2 heteroatoms. The lowest BCUT2D eigenvalue weighted by molar-refractivity contribution is -0.117. The molecule has 4 saturated carbocycles. The lowest BCUT2D eigenvalue weighted by atomic mass is 9.47. The number of allylic oxidation sites excluding steroid dienone is 1. The summed E-state index contributed by atoms with van der Waals surface area (Å²) in [7, 11) is 0. The van der Waals surface area contributed by atoms with Crippen LogP contribution in [0.4, 0.5) is 0 Å². The lowest BCUT2D eigenvalue weighted by Gasteiger charge is -2.59. The third kappa shape index (κ3) is 2.89. The van der Waals surface area contributed by atoms with Gasteiger partial charge in [-0.2, -0.15) is 0 Å². The fraction of sp³-hybridized carbons (Fsp3) is 0.913. The van der Waals surface area contributed by atoms with E-state index in [-0.39, 0.29) is 0 Å². The summed E-state index contributed by atoms with van der Waals surface area (Å²) in [6.07, 6.45) is 10.4. The normalized spacial score (nSPS) is 55.2. The maximum absolute atomic E-state index is 10.6. The summed E-state index contributed by atoms with van der Waals surface area (Å²) in [4.78, 5) is 0. The van der Waals surface area contributed by atoms with E-state index in [9.17, 15) is 5.11 Å². The molecule has 142 valence electrons. The zero-order valence-electron chi connectivity index (χ0n) is 16.4. The van der Waals surface area contributed by atoms with Gasteiger partial charge in [-0.05, 0) is 105 Å². The van der Waals surface area contributed by atoms with Crippen LogP contribution in [0, 0.1) is 46.8 Å². The van der Waals surface area contributed by atoms with Gasteiger partial charge in [-0.3, -0.25) is 0 Å². The van der Waals surface area contributed by atoms with E-state index in [1.165, 1.54) is 44.1 Å². The van der Waals surface area contributed by atoms with Crippen molar-refractivity contribution in [1.29, 1.82) is 0 Å². The van der Waals surface area contributed by atoms with Crippen LogP contribution in [0.3, 0.4) is 0 Å². The third-order valence-corrected chi connectivity index (χ3v) is 10.0. The molecular weight excluding hydrogens is 372 g/mol. The second kappa shape index (κ2) is 6.36. The average molecular weight is 409 g/mol. The minimum absolute atomic E-state index is 0.405. The van der Waals surface area contributed by atoms with Crippen LogP contribution in [-0.2, 0) is 0 Å². The molecule has 0 aliphatic heterocycles. The molecular formula is C23H37BrO. The van der Waals surface area contributed by atoms with Crippen LogP contribution in [0.25, 0.3) is 0 Å². The Morgan fingerprint density at radius 1 is 1.04 bits per heavy atom. The van der Waals surface area contributed by atoms with Crippen molar-refractivity contribution in [2.24, 2.45) is 46.8 Å². The predicted molar refractivity (Wildman–Crippen MR) is 109 cm³/mol. The molecule has 0 bridgehead atoms. The van der Waals surface area contributed by atoms with Gasteiger partial charge >= 0.3 is 0 Å². The highest BCUT2D eigenvalue weighted by Gasteiger charge is 2.58. The summed E-state index contributed by atoms with van der Waals surface area (Å²) in [5.41, 5.74) is 1.54. The number of rotatable bonds is 2. The van der Waals surface area contributed by atoms with Gasteiger partial charge in [0.1, 0.15) is 0 Å². The Bertz CT molecular complexity index is 540. The third-order valence-electron chi connectivity index (χ3n) is 9.32. The van der Waals surface area contributed by atoms with Crippen molar-refractivity contribution in [3.8, 4) is 0 Å². The molecule has 0 spiro atoms. The largest absolute Gasteiger partial charge is 0.390 e. The first-order valence-corrected chi connectivity index (χ1v) is 11.8. The maximum Gasteiger partial charge on any atom is 0.0622 e. The van der Waals surface area contributed by atoms with E-state index < -0.39 is 5.60 Å². The van der Waals surface area contributed by atoms with E-state index in [0.717, 1.165) is 59.6 Å². The van der Waals surface area contributed by atoms with Gasteiger partial charge in [-0.1, -0.05) is 41.9 Å². The molecule has 0 saturated heterocycles. The second-order valence-corrected chi connectivity index (χ2v) is 11.2. The number of aliphatic hydroxyl groups is 1. The van der Waals surface area contributed by atoms with Gasteiger partial charge in [-0.25, -0.2) is 0 Å². The summed E-state index contributed by atoms with van der Waals surface area (Å²) in [6.45, 7) is 11.6. The SMILES string of the molecule is C=C(CBr)[C@H]1CC[C@H]2[C@@H]3C[C@@H](C)[C@@H]4C[C@@](C)(O)CC[C@@H]4[C@H]3CC[C@]12C. The molecule has 0 unspecified atom stereocenters. The number of fused-ring (bicyclic) bond motifs is 5. The lowest BCUT2D eigenvalue weighted by Crippen LogP contribution is -2.52. The van der Waals surface area contributed by atoms with Gasteiger partial charge < -0.3 is 5.11 Å². The van der Waals surface area contributed by atoms with Crippen molar-refractivity contribution in [3.63, 3.8) is 0 Å². The Morgan fingerprint density at radius 3 is 2.44 bits per heavy atom. The first-order valence-electron chi connectivity index (χ1n) is 10.7. The predicted octanol–water partition coefficient (Wildman–Crippen LogP) is 6.20. The maximum atomic E-state index is 10.6. The fourth-order valence-electron chi connectivity index (χ4n) is 8.16. The number of alkyl halides is 1. The number of hydrogen-bond acceptors (Lipinski definition) is 1. The van der Waals surface area contributed by atoms with Crippen LogP contribution in [-0.4, -0.2) is 16.0 Å². The zero-order valence-corrected chi connectivity index (χ0v) is 18.0. The van der Waals surface area contributed by atoms with Gasteiger partial charge in [0.25, 0.3) is 0 Å². The Labute approximate surface area is 163 Å². The molecule has 4 rings (SSSR count). The van der Waals surface area contributed by atoms with Crippen LogP contribution in [0.5, 0.6) is 0 Å². The highest BCUT2D eigenvalue weighted by Crippen LogP contribution is 2.66. The monoisotopic (exact) mass is 408 g/mol. The van der Waals surface area contributed by atoms with Gasteiger partial charge in [0.05, 0.1) is 5.60 Å². The number of halogens is 1. The topological polar surface area (TPSA) is 20.2 Å². The van der Waals surface area contributed by atoms with Crippen LogP contribution in [0.15, 0.2) is 12.2 Å². The second-order valence-electron chi connectivity index (χ2n) is 10.7. The van der Waals surface area contributed by atoms with Gasteiger partial charge in [0, 0.05) is 5.33 Å². The average Bonchev–Trinajstić information content (AvgIpc) is 2.91. The molecule has 1 nitrogen and oxygen atoms in total. The molecule has 0 heterocycles. The summed E-state index contributed by atoms with van der Waals surface area (Å²) in [5.74, 6) is 5.97. The van der Waals surface area contributed by atoms with Crippen molar-refractivity contribution in [2.75, 3.05) is 5.33 Å². The Balaban J connectivity index is 1.58. The molecule has 0 amide bonds. The molecule has 1 N–H and O–H groups in total. The molecule has 0 aromatic rings. The van der Waals surface area contributed by atoms with Crippen molar-refractivity contribution < 1.29 is 5.11 Å². The van der Waals surface area contributed by atoms with E-state index in [0.29, 0.717) is 5.41 Å². The van der Waals surface area contributed by atoms with Gasteiger partial charge in [0.15, 0.2) is 0 Å². The standard InChI is InChI=1S/C23H37BrO/c1-14-11-18-16(17-7-9-22(3,25)12-19(14)17)8-10-23(4)20(15(2)13-24)5-6-21(18)23/h14,16-21,25H,2,5-13H2,1,3-4H3/t14-,16-,17-,18-,19+,20-,21+,22+,23-/m1/s1. The molecule has 4 aliphatic carbocycles. The quantitative estimate of drug-likeness (QED) is 0.425. The molecule has 25 heavy (non-hydrogen) atoms. The van der Waals surface area contributed by atoms with E-state index in [1.807, 2.05) is 0 Å². The first-order chi connectivity index (χ1) is 11.8. The Hall–Kier alpha value is 0.180. The fourth-order valence-corrected chi connectivity index (χ4v) is 8.55. The Morgan fingerprint density at radius 2 is 1.72 bits per heavy atom. The van der Waals surface area contributed by atoms with E-state index >= 15 is 0 Å².